The molecule has 0 aromatic rings. The van der Waals surface area contributed by atoms with Gasteiger partial charge >= 0.3 is 0 Å². The first-order valence-corrected chi connectivity index (χ1v) is 3.48. The molecule has 7 heavy (non-hydrogen) atoms. The summed E-state index contributed by atoms with van der Waals surface area (Å²) in [5.41, 5.74) is 0. The third kappa shape index (κ3) is 3.54. The Labute approximate surface area is 53.4 Å². The van der Waals surface area contributed by atoms with Crippen LogP contribution in [0.2, 0.25) is 0 Å². The van der Waals surface area contributed by atoms with Crippen molar-refractivity contribution in [2.75, 3.05) is 0 Å². The topological polar surface area (TPSA) is 27.7 Å². The Balaban J connectivity index is 2.99. The van der Waals surface area contributed by atoms with Gasteiger partial charge in [-0.2, -0.15) is 0 Å². The molecule has 0 saturated carbocycles. The van der Waals surface area contributed by atoms with Crippen LogP contribution in [-0.4, -0.2) is 31.5 Å². The van der Waals surface area contributed by atoms with Crippen LogP contribution in [0.3, 0.4) is 0 Å². The van der Waals surface area contributed by atoms with E-state index in [-0.39, 0.29) is 0 Å². The molecule has 7 heteroatoms. The first kappa shape index (κ1) is 7.96. The van der Waals surface area contributed by atoms with E-state index < -0.39 is 8.60 Å². The Morgan fingerprint density at radius 2 is 1.14 bits per heavy atom. The van der Waals surface area contributed by atoms with Crippen molar-refractivity contribution in [1.82, 2.24) is 0 Å². The molecule has 0 aliphatic heterocycles. The van der Waals surface area contributed by atoms with Crippen LogP contribution in [0.1, 0.15) is 0 Å². The largest absolute Gasteiger partial charge is 0.358 e. The van der Waals surface area contributed by atoms with Gasteiger partial charge in [0.2, 0.25) is 0 Å². The lowest BCUT2D eigenvalue weighted by Gasteiger charge is -2.06. The van der Waals surface area contributed by atoms with E-state index in [2.05, 4.69) is 44.1 Å². The Hall–Kier alpha value is 0.961. The van der Waals surface area contributed by atoms with Crippen molar-refractivity contribution in [2.45, 2.75) is 0 Å². The second-order valence-corrected chi connectivity index (χ2v) is 3.14. The molecule has 0 amide bonds. The predicted octanol–water partition coefficient (Wildman–Crippen LogP) is -0.486. The molecule has 0 saturated heterocycles. The minimum absolute atomic E-state index is 1.31. The Morgan fingerprint density at radius 1 is 0.857 bits per heavy atom. The molecule has 0 bridgehead atoms. The third-order valence-corrected chi connectivity index (χ3v) is 2.01. The van der Waals surface area contributed by atoms with Gasteiger partial charge in [-0.05, 0) is 0 Å². The van der Waals surface area contributed by atoms with Crippen molar-refractivity contribution in [3.05, 3.63) is 0 Å². The molecular formula is O3PSi3. The molecule has 0 atom stereocenters. The van der Waals surface area contributed by atoms with Gasteiger partial charge in [-0.1, -0.05) is 0 Å². The molecule has 0 N–H and O–H groups in total. The zero-order chi connectivity index (χ0) is 5.70. The molecule has 0 rings (SSSR count). The van der Waals surface area contributed by atoms with Crippen LogP contribution in [0.25, 0.3) is 0 Å². The molecule has 3 nitrogen and oxygen atoms in total. The van der Waals surface area contributed by atoms with Gasteiger partial charge in [-0.15, -0.1) is 0 Å². The molecule has 0 heterocycles. The minimum atomic E-state index is -1.31. The van der Waals surface area contributed by atoms with Crippen LogP contribution in [-0.2, 0) is 12.6 Å². The highest BCUT2D eigenvalue weighted by Crippen LogP contribution is 2.34. The van der Waals surface area contributed by atoms with Crippen LogP contribution in [0.4, 0.5) is 0 Å². The van der Waals surface area contributed by atoms with E-state index in [4.69, 9.17) is 0 Å². The van der Waals surface area contributed by atoms with Crippen molar-refractivity contribution in [2.24, 2.45) is 0 Å². The Bertz CT molecular complexity index is 31.7. The summed E-state index contributed by atoms with van der Waals surface area (Å²) in [4.78, 5) is 0. The number of hydrogen-bond acceptors (Lipinski definition) is 3. The van der Waals surface area contributed by atoms with Gasteiger partial charge in [-0.25, -0.2) is 0 Å². The van der Waals surface area contributed by atoms with Gasteiger partial charge in [0.25, 0.3) is 40.1 Å². The van der Waals surface area contributed by atoms with Crippen molar-refractivity contribution < 1.29 is 12.6 Å². The smallest absolute Gasteiger partial charge is 0.298 e. The van der Waals surface area contributed by atoms with E-state index in [1.54, 1.807) is 0 Å². The van der Waals surface area contributed by atoms with Crippen LogP contribution in [0.15, 0.2) is 0 Å². The lowest BCUT2D eigenvalue weighted by molar-refractivity contribution is 0.436. The molecule has 0 unspecified atom stereocenters. The van der Waals surface area contributed by atoms with E-state index >= 15 is 0 Å². The summed E-state index contributed by atoms with van der Waals surface area (Å²) < 4.78 is 13.1. The van der Waals surface area contributed by atoms with Gasteiger partial charge in [0.15, 0.2) is 0 Å². The highest BCUT2D eigenvalue weighted by molar-refractivity contribution is 7.44. The monoisotopic (exact) mass is 163 g/mol. The molecule has 0 fully saturated rings. The molecule has 0 aliphatic carbocycles. The lowest BCUT2D eigenvalue weighted by atomic mass is 15.7. The predicted molar refractivity (Wildman–Crippen MR) is 27.4 cm³/mol. The fourth-order valence-corrected chi connectivity index (χ4v) is 1.51. The summed E-state index contributed by atoms with van der Waals surface area (Å²) in [5.74, 6) is 0. The van der Waals surface area contributed by atoms with Crippen molar-refractivity contribution >= 4 is 40.1 Å². The molecular weight excluding hydrogens is 163 g/mol. The SMILES string of the molecule is [Si]OP(O[Si])O[Si]. The average molecular weight is 163 g/mol. The highest BCUT2D eigenvalue weighted by Gasteiger charge is 1.99. The third-order valence-electron chi connectivity index (χ3n) is 0.224. The minimum Gasteiger partial charge on any atom is -0.358 e. The van der Waals surface area contributed by atoms with Crippen molar-refractivity contribution in [1.29, 1.82) is 0 Å². The molecule has 0 aliphatic rings. The standard InChI is InChI=1S/O3PSi3/c5-1-4(2-6)3-7. The maximum absolute atomic E-state index is 4.38. The molecule has 0 aromatic carbocycles. The number of rotatable bonds is 3. The molecule has 0 spiro atoms. The second-order valence-electron chi connectivity index (χ2n) is 0.497. The maximum Gasteiger partial charge on any atom is 0.298 e. The number of hydrogen-bond donors (Lipinski definition) is 0. The normalized spacial score (nSPS) is 10.3. The van der Waals surface area contributed by atoms with E-state index in [9.17, 15) is 0 Å². The van der Waals surface area contributed by atoms with Crippen molar-refractivity contribution in [3.8, 4) is 0 Å². The summed E-state index contributed by atoms with van der Waals surface area (Å²) in [6, 6.07) is 0. The molecule has 0 aromatic heterocycles. The highest BCUT2D eigenvalue weighted by atomic mass is 31.2. The average Bonchev–Trinajstić information content (AvgIpc) is 1.72. The van der Waals surface area contributed by atoms with Gasteiger partial charge in [0, 0.05) is 0 Å². The Morgan fingerprint density at radius 3 is 1.14 bits per heavy atom. The zero-order valence-electron chi connectivity index (χ0n) is 3.17. The Kier molecular flexibility index (Phi) is 5.80. The van der Waals surface area contributed by atoms with Crippen LogP contribution < -0.4 is 0 Å². The van der Waals surface area contributed by atoms with Gasteiger partial charge in [0.1, 0.15) is 0 Å². The molecule has 9 radical (unpaired) electrons. The molecule has 35 valence electrons. The van der Waals surface area contributed by atoms with Crippen LogP contribution in [0, 0.1) is 0 Å². The summed E-state index contributed by atoms with van der Waals surface area (Å²) in [5, 5.41) is 0. The van der Waals surface area contributed by atoms with Gasteiger partial charge in [-0.3, -0.25) is 0 Å². The van der Waals surface area contributed by atoms with Crippen LogP contribution >= 0.6 is 8.60 Å². The summed E-state index contributed by atoms with van der Waals surface area (Å²) in [6.07, 6.45) is 0. The quantitative estimate of drug-likeness (QED) is 0.415. The fourth-order valence-electron chi connectivity index (χ4n) is 0.0559. The van der Waals surface area contributed by atoms with Crippen LogP contribution in [0.5, 0.6) is 0 Å². The van der Waals surface area contributed by atoms with E-state index in [1.807, 2.05) is 0 Å². The summed E-state index contributed by atoms with van der Waals surface area (Å²) in [6.45, 7) is 0. The van der Waals surface area contributed by atoms with Crippen molar-refractivity contribution in [3.63, 3.8) is 0 Å². The maximum atomic E-state index is 4.38. The first-order chi connectivity index (χ1) is 3.35. The van der Waals surface area contributed by atoms with E-state index in [0.717, 1.165) is 0 Å². The van der Waals surface area contributed by atoms with E-state index in [0.29, 0.717) is 0 Å². The zero-order valence-corrected chi connectivity index (χ0v) is 7.07. The lowest BCUT2D eigenvalue weighted by Crippen LogP contribution is -1.85. The van der Waals surface area contributed by atoms with Gasteiger partial charge < -0.3 is 12.6 Å². The summed E-state index contributed by atoms with van der Waals surface area (Å²) >= 11 is 0. The summed E-state index contributed by atoms with van der Waals surface area (Å²) in [7, 11) is 6.78. The van der Waals surface area contributed by atoms with E-state index in [1.165, 1.54) is 0 Å². The fraction of sp³-hybridized carbons (Fsp3) is 0. The van der Waals surface area contributed by atoms with Gasteiger partial charge in [0.05, 0.1) is 0 Å². The first-order valence-electron chi connectivity index (χ1n) is 1.16. The second kappa shape index (κ2) is 5.10.